The van der Waals surface area contributed by atoms with Gasteiger partial charge in [-0.3, -0.25) is 19.4 Å². The van der Waals surface area contributed by atoms with E-state index in [2.05, 4.69) is 0 Å². The Morgan fingerprint density at radius 2 is 1.59 bits per heavy atom. The first-order chi connectivity index (χ1) is 16.3. The van der Waals surface area contributed by atoms with E-state index in [0.717, 1.165) is 5.56 Å². The zero-order valence-corrected chi connectivity index (χ0v) is 20.2. The van der Waals surface area contributed by atoms with Gasteiger partial charge in [-0.1, -0.05) is 24.3 Å². The maximum absolute atomic E-state index is 13.0. The van der Waals surface area contributed by atoms with Crippen molar-refractivity contribution >= 4 is 21.8 Å². The summed E-state index contributed by atoms with van der Waals surface area (Å²) in [7, 11) is -0.443. The fourth-order valence-electron chi connectivity index (χ4n) is 4.46. The third kappa shape index (κ3) is 4.79. The molecule has 9 nitrogen and oxygen atoms in total. The molecule has 0 spiro atoms. The molecule has 2 aliphatic rings. The van der Waals surface area contributed by atoms with Gasteiger partial charge in [-0.2, -0.15) is 4.31 Å². The minimum absolute atomic E-state index is 0.121. The average Bonchev–Trinajstić information content (AvgIpc) is 3.16. The van der Waals surface area contributed by atoms with E-state index in [0.29, 0.717) is 31.0 Å². The molecule has 0 radical (unpaired) electrons. The van der Waals surface area contributed by atoms with E-state index in [4.69, 9.17) is 9.47 Å². The molecule has 0 unspecified atom stereocenters. The molecule has 2 aromatic rings. The molecule has 0 saturated carbocycles. The normalized spacial score (nSPS) is 20.1. The molecule has 4 rings (SSSR count). The van der Waals surface area contributed by atoms with Gasteiger partial charge in [0.1, 0.15) is 0 Å². The van der Waals surface area contributed by atoms with Gasteiger partial charge >= 0.3 is 0 Å². The van der Waals surface area contributed by atoms with Crippen LogP contribution >= 0.6 is 0 Å². The quantitative estimate of drug-likeness (QED) is 0.519. The summed E-state index contributed by atoms with van der Waals surface area (Å²) < 4.78 is 37.7. The fraction of sp³-hybridized carbons (Fsp3) is 0.417. The Hall–Kier alpha value is -2.95. The summed E-state index contributed by atoms with van der Waals surface area (Å²) in [5.74, 6) is 0.799. The lowest BCUT2D eigenvalue weighted by atomic mass is 10.1. The molecule has 2 heterocycles. The molecule has 2 amide bonds. The summed E-state index contributed by atoms with van der Waals surface area (Å²) in [6.07, 6.45) is 0.629. The number of benzene rings is 2. The zero-order chi connectivity index (χ0) is 24.3. The Balaban J connectivity index is 1.35. The highest BCUT2D eigenvalue weighted by Crippen LogP contribution is 2.28. The zero-order valence-electron chi connectivity index (χ0n) is 19.3. The highest BCUT2D eigenvalue weighted by Gasteiger charge is 2.43. The minimum atomic E-state index is -3.57. The number of ether oxygens (including phenoxy) is 2. The first kappa shape index (κ1) is 24.2. The third-order valence-electron chi connectivity index (χ3n) is 6.39. The molecule has 0 N–H and O–H groups in total. The van der Waals surface area contributed by atoms with E-state index in [1.165, 1.54) is 9.21 Å². The Labute approximate surface area is 199 Å². The van der Waals surface area contributed by atoms with Crippen LogP contribution in [0.15, 0.2) is 53.4 Å². The molecule has 1 atom stereocenters. The number of amides is 2. The number of piperazine rings is 1. The van der Waals surface area contributed by atoms with Crippen molar-refractivity contribution < 1.29 is 27.5 Å². The first-order valence-corrected chi connectivity index (χ1v) is 12.6. The maximum atomic E-state index is 13.0. The molecule has 0 aliphatic carbocycles. The second-order valence-corrected chi connectivity index (χ2v) is 10.2. The van der Waals surface area contributed by atoms with Crippen molar-refractivity contribution in [2.75, 3.05) is 46.9 Å². The van der Waals surface area contributed by atoms with E-state index in [1.54, 1.807) is 50.6 Å². The number of rotatable bonds is 8. The second kappa shape index (κ2) is 10.1. The van der Waals surface area contributed by atoms with Crippen molar-refractivity contribution in [3.05, 3.63) is 54.1 Å². The molecule has 2 saturated heterocycles. The van der Waals surface area contributed by atoms with Gasteiger partial charge in [0.15, 0.2) is 11.5 Å². The van der Waals surface area contributed by atoms with E-state index in [1.807, 2.05) is 17.0 Å². The lowest BCUT2D eigenvalue weighted by Crippen LogP contribution is -2.53. The summed E-state index contributed by atoms with van der Waals surface area (Å²) >= 11 is 0. The second-order valence-electron chi connectivity index (χ2n) is 8.30. The number of sulfonamides is 1. The standard InChI is InChI=1S/C24H29N3O6S/c1-32-21-9-8-18(16-22(21)33-2)10-11-27-23(28)17-20(24(27)29)25-12-14-26(15-13-25)34(30,31)19-6-4-3-5-7-19/h3-9,16,20H,10-15,17H2,1-2H3/t20-/m0/s1. The van der Waals surface area contributed by atoms with Crippen molar-refractivity contribution in [3.63, 3.8) is 0 Å². The number of carbonyl (C=O) groups excluding carboxylic acids is 2. The number of hydrogen-bond donors (Lipinski definition) is 0. The van der Waals surface area contributed by atoms with Crippen LogP contribution in [0.3, 0.4) is 0 Å². The predicted molar refractivity (Wildman–Crippen MR) is 125 cm³/mol. The predicted octanol–water partition coefficient (Wildman–Crippen LogP) is 1.38. The maximum Gasteiger partial charge on any atom is 0.247 e. The van der Waals surface area contributed by atoms with Gasteiger partial charge in [0, 0.05) is 32.7 Å². The van der Waals surface area contributed by atoms with Gasteiger partial charge in [0.2, 0.25) is 21.8 Å². The van der Waals surface area contributed by atoms with Crippen molar-refractivity contribution in [1.82, 2.24) is 14.1 Å². The summed E-state index contributed by atoms with van der Waals surface area (Å²) in [5.41, 5.74) is 0.932. The summed E-state index contributed by atoms with van der Waals surface area (Å²) in [4.78, 5) is 29.2. The smallest absolute Gasteiger partial charge is 0.247 e. The molecule has 34 heavy (non-hydrogen) atoms. The summed E-state index contributed by atoms with van der Waals surface area (Å²) in [6.45, 7) is 1.65. The van der Waals surface area contributed by atoms with Crippen LogP contribution in [0.2, 0.25) is 0 Å². The monoisotopic (exact) mass is 487 g/mol. The lowest BCUT2D eigenvalue weighted by molar-refractivity contribution is -0.139. The highest BCUT2D eigenvalue weighted by atomic mass is 32.2. The number of imide groups is 1. The van der Waals surface area contributed by atoms with Crippen LogP contribution in [0.1, 0.15) is 12.0 Å². The minimum Gasteiger partial charge on any atom is -0.493 e. The van der Waals surface area contributed by atoms with Gasteiger partial charge in [0.25, 0.3) is 0 Å². The van der Waals surface area contributed by atoms with E-state index < -0.39 is 16.1 Å². The van der Waals surface area contributed by atoms with Gasteiger partial charge < -0.3 is 9.47 Å². The number of hydrogen-bond acceptors (Lipinski definition) is 7. The molecule has 0 bridgehead atoms. The highest BCUT2D eigenvalue weighted by molar-refractivity contribution is 7.89. The molecule has 2 aliphatic heterocycles. The lowest BCUT2D eigenvalue weighted by Gasteiger charge is -2.36. The number of carbonyl (C=O) groups is 2. The Kier molecular flexibility index (Phi) is 7.20. The van der Waals surface area contributed by atoms with Crippen LogP contribution < -0.4 is 9.47 Å². The van der Waals surface area contributed by atoms with Crippen LogP contribution in [-0.2, 0) is 26.0 Å². The largest absolute Gasteiger partial charge is 0.493 e. The van der Waals surface area contributed by atoms with Gasteiger partial charge in [0.05, 0.1) is 31.6 Å². The number of likely N-dealkylation sites (tertiary alicyclic amines) is 1. The third-order valence-corrected chi connectivity index (χ3v) is 8.30. The van der Waals surface area contributed by atoms with Crippen LogP contribution in [-0.4, -0.2) is 87.3 Å². The van der Waals surface area contributed by atoms with Crippen molar-refractivity contribution in [2.45, 2.75) is 23.8 Å². The Bertz CT molecular complexity index is 1150. The van der Waals surface area contributed by atoms with Crippen molar-refractivity contribution in [3.8, 4) is 11.5 Å². The van der Waals surface area contributed by atoms with Crippen molar-refractivity contribution in [1.29, 1.82) is 0 Å². The summed E-state index contributed by atoms with van der Waals surface area (Å²) in [5, 5.41) is 0. The molecule has 182 valence electrons. The number of nitrogens with zero attached hydrogens (tertiary/aromatic N) is 3. The van der Waals surface area contributed by atoms with Gasteiger partial charge in [-0.05, 0) is 36.2 Å². The molecular weight excluding hydrogens is 458 g/mol. The van der Waals surface area contributed by atoms with Crippen LogP contribution in [0.25, 0.3) is 0 Å². The Morgan fingerprint density at radius 1 is 0.912 bits per heavy atom. The van der Waals surface area contributed by atoms with E-state index in [9.17, 15) is 18.0 Å². The first-order valence-electron chi connectivity index (χ1n) is 11.2. The topological polar surface area (TPSA) is 96.5 Å². The van der Waals surface area contributed by atoms with Crippen molar-refractivity contribution in [2.24, 2.45) is 0 Å². The Morgan fingerprint density at radius 3 is 2.24 bits per heavy atom. The average molecular weight is 488 g/mol. The SMILES string of the molecule is COc1ccc(CCN2C(=O)C[C@H](N3CCN(S(=O)(=O)c4ccccc4)CC3)C2=O)cc1OC. The number of methoxy groups -OCH3 is 2. The van der Waals surface area contributed by atoms with E-state index in [-0.39, 0.29) is 42.8 Å². The fourth-order valence-corrected chi connectivity index (χ4v) is 5.90. The van der Waals surface area contributed by atoms with Gasteiger partial charge in [-0.15, -0.1) is 0 Å². The molecule has 2 aromatic carbocycles. The molecule has 0 aromatic heterocycles. The summed E-state index contributed by atoms with van der Waals surface area (Å²) in [6, 6.07) is 13.3. The molecular formula is C24H29N3O6S. The van der Waals surface area contributed by atoms with Crippen LogP contribution in [0.4, 0.5) is 0 Å². The van der Waals surface area contributed by atoms with Crippen LogP contribution in [0, 0.1) is 0 Å². The van der Waals surface area contributed by atoms with E-state index >= 15 is 0 Å². The molecule has 2 fully saturated rings. The molecule has 10 heteroatoms. The van der Waals surface area contributed by atoms with Crippen LogP contribution in [0.5, 0.6) is 11.5 Å². The van der Waals surface area contributed by atoms with Gasteiger partial charge in [-0.25, -0.2) is 8.42 Å².